The Kier molecular flexibility index (Phi) is 8.38. The number of halogens is 1. The SMILES string of the molecule is CCNC(=NCC(=O)N(C)C)NCC(Cc1ccc(F)cc1)C(N)=O. The number of aliphatic imine (C=N–C) groups is 1. The van der Waals surface area contributed by atoms with Gasteiger partial charge in [-0.1, -0.05) is 12.1 Å². The van der Waals surface area contributed by atoms with Crippen molar-refractivity contribution in [3.8, 4) is 0 Å². The number of likely N-dealkylation sites (N-methyl/N-ethyl adjacent to an activating group) is 1. The Morgan fingerprint density at radius 2 is 1.88 bits per heavy atom. The lowest BCUT2D eigenvalue weighted by atomic mass is 9.98. The maximum Gasteiger partial charge on any atom is 0.243 e. The molecule has 8 heteroatoms. The zero-order chi connectivity index (χ0) is 18.8. The quantitative estimate of drug-likeness (QED) is 0.457. The Morgan fingerprint density at radius 1 is 1.24 bits per heavy atom. The highest BCUT2D eigenvalue weighted by molar-refractivity contribution is 5.85. The molecule has 0 saturated carbocycles. The van der Waals surface area contributed by atoms with Gasteiger partial charge in [0.2, 0.25) is 11.8 Å². The van der Waals surface area contributed by atoms with E-state index in [1.54, 1.807) is 26.2 Å². The van der Waals surface area contributed by atoms with Crippen molar-refractivity contribution >= 4 is 17.8 Å². The van der Waals surface area contributed by atoms with E-state index in [1.807, 2.05) is 6.92 Å². The first kappa shape index (κ1) is 20.4. The van der Waals surface area contributed by atoms with Crippen molar-refractivity contribution in [2.45, 2.75) is 13.3 Å². The molecule has 0 fully saturated rings. The van der Waals surface area contributed by atoms with Gasteiger partial charge in [-0.15, -0.1) is 0 Å². The van der Waals surface area contributed by atoms with Crippen molar-refractivity contribution in [2.75, 3.05) is 33.7 Å². The summed E-state index contributed by atoms with van der Waals surface area (Å²) in [5.74, 6) is -0.974. The highest BCUT2D eigenvalue weighted by atomic mass is 19.1. The number of carbonyl (C=O) groups is 2. The van der Waals surface area contributed by atoms with Gasteiger partial charge in [0.25, 0.3) is 0 Å². The van der Waals surface area contributed by atoms with E-state index in [2.05, 4.69) is 15.6 Å². The molecule has 0 aliphatic rings. The van der Waals surface area contributed by atoms with E-state index in [0.717, 1.165) is 5.56 Å². The predicted molar refractivity (Wildman–Crippen MR) is 95.5 cm³/mol. The number of hydrogen-bond acceptors (Lipinski definition) is 3. The topological polar surface area (TPSA) is 99.8 Å². The number of benzene rings is 1. The Morgan fingerprint density at radius 3 is 2.40 bits per heavy atom. The summed E-state index contributed by atoms with van der Waals surface area (Å²) in [6.07, 6.45) is 0.388. The molecular weight excluding hydrogens is 325 g/mol. The summed E-state index contributed by atoms with van der Waals surface area (Å²) in [4.78, 5) is 28.9. The molecule has 7 nitrogen and oxygen atoms in total. The molecule has 0 heterocycles. The van der Waals surface area contributed by atoms with Gasteiger partial charge < -0.3 is 21.3 Å². The predicted octanol–water partition coefficient (Wildman–Crippen LogP) is 0.113. The minimum Gasteiger partial charge on any atom is -0.369 e. The van der Waals surface area contributed by atoms with E-state index in [0.29, 0.717) is 18.9 Å². The van der Waals surface area contributed by atoms with Gasteiger partial charge >= 0.3 is 0 Å². The van der Waals surface area contributed by atoms with Crippen LogP contribution in [0.25, 0.3) is 0 Å². The van der Waals surface area contributed by atoms with E-state index in [4.69, 9.17) is 5.73 Å². The van der Waals surface area contributed by atoms with Gasteiger partial charge in [-0.2, -0.15) is 0 Å². The van der Waals surface area contributed by atoms with Gasteiger partial charge in [-0.3, -0.25) is 9.59 Å². The highest BCUT2D eigenvalue weighted by Crippen LogP contribution is 2.09. The zero-order valence-corrected chi connectivity index (χ0v) is 14.9. The lowest BCUT2D eigenvalue weighted by Gasteiger charge is -2.17. The van der Waals surface area contributed by atoms with Crippen molar-refractivity contribution < 1.29 is 14.0 Å². The molecular formula is C17H26FN5O2. The van der Waals surface area contributed by atoms with Crippen molar-refractivity contribution in [1.82, 2.24) is 15.5 Å². The highest BCUT2D eigenvalue weighted by Gasteiger charge is 2.17. The molecule has 1 aromatic rings. The molecule has 1 unspecified atom stereocenters. The standard InChI is InChI=1S/C17H26FN5O2/c1-4-20-17(22-11-15(24)23(2)3)21-10-13(16(19)25)9-12-5-7-14(18)8-6-12/h5-8,13H,4,9-11H2,1-3H3,(H2,19,25)(H2,20,21,22). The first-order valence-corrected chi connectivity index (χ1v) is 8.09. The van der Waals surface area contributed by atoms with Crippen LogP contribution in [0.2, 0.25) is 0 Å². The molecule has 0 aromatic heterocycles. The third kappa shape index (κ3) is 7.65. The largest absolute Gasteiger partial charge is 0.369 e. The second-order valence-electron chi connectivity index (χ2n) is 5.79. The van der Waals surface area contributed by atoms with E-state index in [1.165, 1.54) is 17.0 Å². The average Bonchev–Trinajstić information content (AvgIpc) is 2.57. The van der Waals surface area contributed by atoms with Crippen LogP contribution in [0.1, 0.15) is 12.5 Å². The van der Waals surface area contributed by atoms with Crippen molar-refractivity contribution in [3.63, 3.8) is 0 Å². The third-order valence-corrected chi connectivity index (χ3v) is 3.53. The number of nitrogens with one attached hydrogen (secondary N) is 2. The van der Waals surface area contributed by atoms with E-state index < -0.39 is 11.8 Å². The Hall–Kier alpha value is -2.64. The van der Waals surface area contributed by atoms with E-state index in [9.17, 15) is 14.0 Å². The smallest absolute Gasteiger partial charge is 0.243 e. The van der Waals surface area contributed by atoms with E-state index >= 15 is 0 Å². The van der Waals surface area contributed by atoms with Crippen LogP contribution >= 0.6 is 0 Å². The Labute approximate surface area is 147 Å². The number of nitrogens with two attached hydrogens (primary N) is 1. The minimum atomic E-state index is -0.487. The summed E-state index contributed by atoms with van der Waals surface area (Å²) in [6.45, 7) is 2.77. The molecule has 0 saturated heterocycles. The molecule has 0 bridgehead atoms. The molecule has 25 heavy (non-hydrogen) atoms. The fourth-order valence-corrected chi connectivity index (χ4v) is 2.03. The van der Waals surface area contributed by atoms with Gasteiger partial charge in [-0.05, 0) is 31.0 Å². The monoisotopic (exact) mass is 351 g/mol. The number of guanidine groups is 1. The summed E-state index contributed by atoms with van der Waals surface area (Å²) in [7, 11) is 3.31. The summed E-state index contributed by atoms with van der Waals surface area (Å²) >= 11 is 0. The fraction of sp³-hybridized carbons (Fsp3) is 0.471. The van der Waals surface area contributed by atoms with Gasteiger partial charge in [-0.25, -0.2) is 9.38 Å². The van der Waals surface area contributed by atoms with E-state index in [-0.39, 0.29) is 24.8 Å². The molecule has 1 rings (SSSR count). The zero-order valence-electron chi connectivity index (χ0n) is 14.9. The second kappa shape index (κ2) is 10.3. The van der Waals surface area contributed by atoms with Crippen LogP contribution in [0.4, 0.5) is 4.39 Å². The molecule has 0 radical (unpaired) electrons. The van der Waals surface area contributed by atoms with Gasteiger partial charge in [0.15, 0.2) is 5.96 Å². The maximum atomic E-state index is 13.0. The normalized spacial score (nSPS) is 12.4. The van der Waals surface area contributed by atoms with Crippen LogP contribution in [0.5, 0.6) is 0 Å². The first-order valence-electron chi connectivity index (χ1n) is 8.09. The summed E-state index contributed by atoms with van der Waals surface area (Å²) in [6, 6.07) is 5.94. The van der Waals surface area contributed by atoms with Crippen molar-refractivity contribution in [2.24, 2.45) is 16.6 Å². The van der Waals surface area contributed by atoms with Crippen LogP contribution in [0, 0.1) is 11.7 Å². The van der Waals surface area contributed by atoms with Gasteiger partial charge in [0, 0.05) is 27.2 Å². The fourth-order valence-electron chi connectivity index (χ4n) is 2.03. The Balaban J connectivity index is 2.68. The first-order chi connectivity index (χ1) is 11.8. The molecule has 4 N–H and O–H groups in total. The average molecular weight is 351 g/mol. The molecule has 0 spiro atoms. The Bertz CT molecular complexity index is 602. The number of carbonyl (C=O) groups excluding carboxylic acids is 2. The molecule has 1 aromatic carbocycles. The molecule has 0 aliphatic heterocycles. The van der Waals surface area contributed by atoms with Crippen molar-refractivity contribution in [1.29, 1.82) is 0 Å². The number of nitrogens with zero attached hydrogens (tertiary/aromatic N) is 2. The van der Waals surface area contributed by atoms with Crippen LogP contribution in [-0.4, -0.2) is 56.4 Å². The number of rotatable bonds is 8. The summed E-state index contributed by atoms with van der Waals surface area (Å²) in [5, 5.41) is 6.03. The summed E-state index contributed by atoms with van der Waals surface area (Å²) < 4.78 is 13.0. The minimum absolute atomic E-state index is 0.00152. The van der Waals surface area contributed by atoms with Gasteiger partial charge in [0.1, 0.15) is 12.4 Å². The summed E-state index contributed by atoms with van der Waals surface area (Å²) in [5.41, 5.74) is 6.28. The molecule has 1 atom stereocenters. The van der Waals surface area contributed by atoms with Crippen LogP contribution in [0.15, 0.2) is 29.3 Å². The lowest BCUT2D eigenvalue weighted by molar-refractivity contribution is -0.127. The second-order valence-corrected chi connectivity index (χ2v) is 5.79. The number of primary amides is 1. The maximum absolute atomic E-state index is 13.0. The van der Waals surface area contributed by atoms with Crippen LogP contribution in [0.3, 0.4) is 0 Å². The molecule has 2 amide bonds. The number of hydrogen-bond donors (Lipinski definition) is 3. The van der Waals surface area contributed by atoms with Gasteiger partial charge in [0.05, 0.1) is 5.92 Å². The third-order valence-electron chi connectivity index (χ3n) is 3.53. The molecule has 0 aliphatic carbocycles. The van der Waals surface area contributed by atoms with Crippen LogP contribution in [-0.2, 0) is 16.0 Å². The van der Waals surface area contributed by atoms with Crippen LogP contribution < -0.4 is 16.4 Å². The number of amides is 2. The lowest BCUT2D eigenvalue weighted by Crippen LogP contribution is -2.43. The van der Waals surface area contributed by atoms with Crippen molar-refractivity contribution in [3.05, 3.63) is 35.6 Å². The molecule has 138 valence electrons.